The predicted octanol–water partition coefficient (Wildman–Crippen LogP) is 2.33. The van der Waals surface area contributed by atoms with Gasteiger partial charge in [0.1, 0.15) is 11.4 Å². The molecular formula is C13H20N2O2. The van der Waals surface area contributed by atoms with Crippen LogP contribution in [-0.2, 0) is 16.0 Å². The summed E-state index contributed by atoms with van der Waals surface area (Å²) in [4.78, 5) is 15.6. The summed E-state index contributed by atoms with van der Waals surface area (Å²) in [6.07, 6.45) is 1.88. The first-order valence-corrected chi connectivity index (χ1v) is 5.80. The van der Waals surface area contributed by atoms with Gasteiger partial charge in [0, 0.05) is 12.1 Å². The Kier molecular flexibility index (Phi) is 4.49. The van der Waals surface area contributed by atoms with Crippen molar-refractivity contribution in [2.75, 3.05) is 5.73 Å². The highest BCUT2D eigenvalue weighted by Gasteiger charge is 2.15. The van der Waals surface area contributed by atoms with E-state index in [4.69, 9.17) is 10.5 Å². The van der Waals surface area contributed by atoms with Crippen LogP contribution in [0.15, 0.2) is 18.2 Å². The van der Waals surface area contributed by atoms with Crippen LogP contribution in [0.2, 0.25) is 0 Å². The quantitative estimate of drug-likeness (QED) is 0.815. The Morgan fingerprint density at radius 3 is 2.71 bits per heavy atom. The van der Waals surface area contributed by atoms with Crippen molar-refractivity contribution in [1.29, 1.82) is 0 Å². The number of anilines is 1. The molecule has 0 aliphatic rings. The number of nitrogens with zero attached hydrogens (tertiary/aromatic N) is 1. The van der Waals surface area contributed by atoms with Crippen molar-refractivity contribution in [3.05, 3.63) is 23.9 Å². The third kappa shape index (κ3) is 5.90. The number of carbonyl (C=O) groups is 1. The van der Waals surface area contributed by atoms with E-state index in [1.165, 1.54) is 0 Å². The zero-order valence-electron chi connectivity index (χ0n) is 10.7. The highest BCUT2D eigenvalue weighted by molar-refractivity contribution is 5.69. The van der Waals surface area contributed by atoms with Crippen molar-refractivity contribution in [2.24, 2.45) is 0 Å². The van der Waals surface area contributed by atoms with Crippen LogP contribution in [0.1, 0.15) is 39.3 Å². The summed E-state index contributed by atoms with van der Waals surface area (Å²) < 4.78 is 5.22. The lowest BCUT2D eigenvalue weighted by Crippen LogP contribution is -2.23. The van der Waals surface area contributed by atoms with Gasteiger partial charge in [-0.25, -0.2) is 4.98 Å². The van der Waals surface area contributed by atoms with Crippen LogP contribution in [0, 0.1) is 0 Å². The van der Waals surface area contributed by atoms with Crippen molar-refractivity contribution in [3.63, 3.8) is 0 Å². The maximum Gasteiger partial charge on any atom is 0.306 e. The molecule has 0 amide bonds. The highest BCUT2D eigenvalue weighted by atomic mass is 16.6. The molecule has 17 heavy (non-hydrogen) atoms. The molecule has 0 aliphatic carbocycles. The Morgan fingerprint density at radius 1 is 1.41 bits per heavy atom. The van der Waals surface area contributed by atoms with Gasteiger partial charge in [0.15, 0.2) is 0 Å². The summed E-state index contributed by atoms with van der Waals surface area (Å²) in [6, 6.07) is 5.52. The Balaban J connectivity index is 2.31. The minimum Gasteiger partial charge on any atom is -0.460 e. The van der Waals surface area contributed by atoms with Crippen LogP contribution < -0.4 is 5.73 Å². The molecule has 1 aromatic rings. The lowest BCUT2D eigenvalue weighted by atomic mass is 10.1. The van der Waals surface area contributed by atoms with Crippen LogP contribution >= 0.6 is 0 Å². The van der Waals surface area contributed by atoms with E-state index in [1.807, 2.05) is 32.9 Å². The monoisotopic (exact) mass is 236 g/mol. The van der Waals surface area contributed by atoms with Crippen molar-refractivity contribution >= 4 is 11.8 Å². The molecule has 4 nitrogen and oxygen atoms in total. The molecule has 0 atom stereocenters. The maximum atomic E-state index is 11.4. The fourth-order valence-corrected chi connectivity index (χ4v) is 1.44. The Bertz CT molecular complexity index is 383. The molecule has 0 radical (unpaired) electrons. The van der Waals surface area contributed by atoms with Gasteiger partial charge in [0.2, 0.25) is 0 Å². The fraction of sp³-hybridized carbons (Fsp3) is 0.538. The van der Waals surface area contributed by atoms with E-state index in [-0.39, 0.29) is 5.97 Å². The average molecular weight is 236 g/mol. The Labute approximate surface area is 102 Å². The molecule has 0 saturated carbocycles. The van der Waals surface area contributed by atoms with E-state index in [9.17, 15) is 4.79 Å². The minimum atomic E-state index is -0.410. The zero-order valence-corrected chi connectivity index (χ0v) is 10.7. The topological polar surface area (TPSA) is 65.2 Å². The minimum absolute atomic E-state index is 0.165. The molecule has 2 N–H and O–H groups in total. The second kappa shape index (κ2) is 5.66. The number of ether oxygens (including phenoxy) is 1. The molecule has 0 bridgehead atoms. The van der Waals surface area contributed by atoms with Gasteiger partial charge in [0.05, 0.1) is 0 Å². The maximum absolute atomic E-state index is 11.4. The van der Waals surface area contributed by atoms with Gasteiger partial charge >= 0.3 is 5.97 Å². The lowest BCUT2D eigenvalue weighted by Gasteiger charge is -2.19. The molecule has 0 saturated heterocycles. The molecule has 0 fully saturated rings. The van der Waals surface area contributed by atoms with Crippen LogP contribution in [0.5, 0.6) is 0 Å². The highest BCUT2D eigenvalue weighted by Crippen LogP contribution is 2.10. The standard InChI is InChI=1S/C13H20N2O2/c1-13(2,3)17-12(16)9-5-7-10-6-4-8-11(14)15-10/h4,6,8H,5,7,9H2,1-3H3,(H2,14,15). The molecule has 1 aromatic heterocycles. The number of aromatic nitrogens is 1. The molecular weight excluding hydrogens is 216 g/mol. The number of nitrogen functional groups attached to an aromatic ring is 1. The van der Waals surface area contributed by atoms with Crippen LogP contribution in [0.3, 0.4) is 0 Å². The van der Waals surface area contributed by atoms with Crippen LogP contribution in [0.25, 0.3) is 0 Å². The van der Waals surface area contributed by atoms with Crippen LogP contribution in [0.4, 0.5) is 5.82 Å². The van der Waals surface area contributed by atoms with Crippen molar-refractivity contribution in [2.45, 2.75) is 45.6 Å². The van der Waals surface area contributed by atoms with Gasteiger partial charge in [-0.3, -0.25) is 4.79 Å². The van der Waals surface area contributed by atoms with Crippen molar-refractivity contribution in [1.82, 2.24) is 4.98 Å². The first-order valence-electron chi connectivity index (χ1n) is 5.80. The van der Waals surface area contributed by atoms with E-state index < -0.39 is 5.60 Å². The van der Waals surface area contributed by atoms with Gasteiger partial charge in [-0.1, -0.05) is 6.07 Å². The number of hydrogen-bond acceptors (Lipinski definition) is 4. The van der Waals surface area contributed by atoms with E-state index in [0.717, 1.165) is 18.5 Å². The molecule has 1 heterocycles. The smallest absolute Gasteiger partial charge is 0.306 e. The number of carbonyl (C=O) groups excluding carboxylic acids is 1. The molecule has 1 rings (SSSR count). The molecule has 94 valence electrons. The second-order valence-electron chi connectivity index (χ2n) is 4.99. The summed E-state index contributed by atoms with van der Waals surface area (Å²) in [5.41, 5.74) is 6.07. The summed E-state index contributed by atoms with van der Waals surface area (Å²) in [5.74, 6) is 0.348. The second-order valence-corrected chi connectivity index (χ2v) is 4.99. The van der Waals surface area contributed by atoms with E-state index in [1.54, 1.807) is 6.07 Å². The van der Waals surface area contributed by atoms with Gasteiger partial charge in [-0.15, -0.1) is 0 Å². The van der Waals surface area contributed by atoms with E-state index in [2.05, 4.69) is 4.98 Å². The largest absolute Gasteiger partial charge is 0.460 e. The first kappa shape index (κ1) is 13.5. The summed E-state index contributed by atoms with van der Waals surface area (Å²) >= 11 is 0. The SMILES string of the molecule is CC(C)(C)OC(=O)CCCc1cccc(N)n1. The zero-order chi connectivity index (χ0) is 12.9. The van der Waals surface area contributed by atoms with E-state index >= 15 is 0 Å². The summed E-state index contributed by atoms with van der Waals surface area (Å²) in [6.45, 7) is 5.60. The van der Waals surface area contributed by atoms with Gasteiger partial charge in [-0.2, -0.15) is 0 Å². The number of hydrogen-bond donors (Lipinski definition) is 1. The van der Waals surface area contributed by atoms with Gasteiger partial charge in [0.25, 0.3) is 0 Å². The first-order chi connectivity index (χ1) is 7.87. The molecule has 0 aromatic carbocycles. The fourth-order valence-electron chi connectivity index (χ4n) is 1.44. The lowest BCUT2D eigenvalue weighted by molar-refractivity contribution is -0.154. The van der Waals surface area contributed by atoms with Crippen molar-refractivity contribution in [3.8, 4) is 0 Å². The summed E-state index contributed by atoms with van der Waals surface area (Å²) in [5, 5.41) is 0. The van der Waals surface area contributed by atoms with Crippen molar-refractivity contribution < 1.29 is 9.53 Å². The molecule has 0 aliphatic heterocycles. The predicted molar refractivity (Wildman–Crippen MR) is 67.4 cm³/mol. The third-order valence-electron chi connectivity index (χ3n) is 2.06. The van der Waals surface area contributed by atoms with Gasteiger partial charge in [-0.05, 0) is 45.7 Å². The number of rotatable bonds is 4. The number of pyridine rings is 1. The molecule has 4 heteroatoms. The third-order valence-corrected chi connectivity index (χ3v) is 2.06. The average Bonchev–Trinajstić information content (AvgIpc) is 2.14. The van der Waals surface area contributed by atoms with E-state index in [0.29, 0.717) is 12.2 Å². The Morgan fingerprint density at radius 2 is 2.12 bits per heavy atom. The molecule has 0 spiro atoms. The number of nitrogens with two attached hydrogens (primary N) is 1. The Hall–Kier alpha value is -1.58. The van der Waals surface area contributed by atoms with Gasteiger partial charge < -0.3 is 10.5 Å². The normalized spacial score (nSPS) is 11.2. The number of esters is 1. The van der Waals surface area contributed by atoms with Crippen LogP contribution in [-0.4, -0.2) is 16.6 Å². The summed E-state index contributed by atoms with van der Waals surface area (Å²) in [7, 11) is 0. The number of aryl methyl sites for hydroxylation is 1. The molecule has 0 unspecified atom stereocenters.